The Kier molecular flexibility index (Phi) is 4.32. The van der Waals surface area contributed by atoms with E-state index in [1.54, 1.807) is 30.5 Å². The van der Waals surface area contributed by atoms with E-state index in [1.807, 2.05) is 0 Å². The molecule has 1 heterocycles. The van der Waals surface area contributed by atoms with Crippen molar-refractivity contribution in [1.82, 2.24) is 10.2 Å². The van der Waals surface area contributed by atoms with Crippen LogP contribution in [0, 0.1) is 11.8 Å². The fourth-order valence-corrected chi connectivity index (χ4v) is 1.45. The lowest BCUT2D eigenvalue weighted by atomic mass is 10.1. The van der Waals surface area contributed by atoms with Gasteiger partial charge in [0.2, 0.25) is 0 Å². The molecule has 0 aliphatic rings. The molecule has 1 amide bonds. The molecule has 2 aromatic rings. The summed E-state index contributed by atoms with van der Waals surface area (Å²) in [4.78, 5) is 11.9. The molecular formula is C14H13N3O2. The Morgan fingerprint density at radius 3 is 2.79 bits per heavy atom. The molecule has 0 saturated heterocycles. The van der Waals surface area contributed by atoms with Crippen molar-refractivity contribution in [3.8, 4) is 11.8 Å². The molecule has 5 nitrogen and oxygen atoms in total. The number of nitrogens with one attached hydrogen (secondary N) is 2. The van der Waals surface area contributed by atoms with Gasteiger partial charge in [-0.1, -0.05) is 11.8 Å². The minimum Gasteiger partial charge on any atom is -0.395 e. The van der Waals surface area contributed by atoms with Crippen molar-refractivity contribution in [2.24, 2.45) is 0 Å². The van der Waals surface area contributed by atoms with Crippen LogP contribution in [0.15, 0.2) is 36.7 Å². The molecule has 3 N–H and O–H groups in total. The fourth-order valence-electron chi connectivity index (χ4n) is 1.45. The highest BCUT2D eigenvalue weighted by molar-refractivity contribution is 6.04. The van der Waals surface area contributed by atoms with Crippen LogP contribution in [0.2, 0.25) is 0 Å². The summed E-state index contributed by atoms with van der Waals surface area (Å²) in [6.07, 6.45) is 3.59. The van der Waals surface area contributed by atoms with Crippen LogP contribution < -0.4 is 5.32 Å². The number of hydrogen-bond acceptors (Lipinski definition) is 3. The predicted molar refractivity (Wildman–Crippen MR) is 71.6 cm³/mol. The highest BCUT2D eigenvalue weighted by atomic mass is 16.2. The largest absolute Gasteiger partial charge is 0.395 e. The van der Waals surface area contributed by atoms with Crippen molar-refractivity contribution in [2.45, 2.75) is 6.42 Å². The van der Waals surface area contributed by atoms with Gasteiger partial charge in [0.15, 0.2) is 0 Å². The third-order valence-corrected chi connectivity index (χ3v) is 2.37. The van der Waals surface area contributed by atoms with Gasteiger partial charge in [-0.3, -0.25) is 9.89 Å². The van der Waals surface area contributed by atoms with E-state index in [0.29, 0.717) is 17.7 Å². The van der Waals surface area contributed by atoms with Gasteiger partial charge in [-0.05, 0) is 24.3 Å². The Labute approximate surface area is 110 Å². The Hall–Kier alpha value is -2.58. The molecule has 0 aliphatic carbocycles. The van der Waals surface area contributed by atoms with Crippen molar-refractivity contribution < 1.29 is 9.90 Å². The van der Waals surface area contributed by atoms with E-state index in [1.165, 1.54) is 6.20 Å². The number of aromatic amines is 1. The molecule has 1 aromatic carbocycles. The van der Waals surface area contributed by atoms with Crippen molar-refractivity contribution in [3.63, 3.8) is 0 Å². The molecule has 0 saturated carbocycles. The number of carbonyl (C=O) groups excluding carboxylic acids is 1. The van der Waals surface area contributed by atoms with Gasteiger partial charge in [-0.25, -0.2) is 0 Å². The van der Waals surface area contributed by atoms with Crippen molar-refractivity contribution >= 4 is 11.6 Å². The lowest BCUT2D eigenvalue weighted by Gasteiger charge is -2.02. The first-order valence-corrected chi connectivity index (χ1v) is 5.79. The van der Waals surface area contributed by atoms with E-state index in [2.05, 4.69) is 27.4 Å². The van der Waals surface area contributed by atoms with Gasteiger partial charge in [0.05, 0.1) is 18.5 Å². The summed E-state index contributed by atoms with van der Waals surface area (Å²) in [6.45, 7) is 0.0538. The molecule has 0 spiro atoms. The third-order valence-electron chi connectivity index (χ3n) is 2.37. The lowest BCUT2D eigenvalue weighted by molar-refractivity contribution is 0.102. The Morgan fingerprint density at radius 2 is 2.16 bits per heavy atom. The number of aromatic nitrogens is 2. The zero-order chi connectivity index (χ0) is 13.5. The minimum absolute atomic E-state index is 0.0538. The average Bonchev–Trinajstić information content (AvgIpc) is 2.93. The molecule has 5 heteroatoms. The van der Waals surface area contributed by atoms with Crippen LogP contribution in [0.3, 0.4) is 0 Å². The number of benzene rings is 1. The van der Waals surface area contributed by atoms with Gasteiger partial charge in [0, 0.05) is 23.7 Å². The van der Waals surface area contributed by atoms with Crippen LogP contribution in [-0.2, 0) is 0 Å². The van der Waals surface area contributed by atoms with Gasteiger partial charge in [-0.2, -0.15) is 5.10 Å². The second-order valence-corrected chi connectivity index (χ2v) is 3.79. The van der Waals surface area contributed by atoms with E-state index in [9.17, 15) is 4.79 Å². The van der Waals surface area contributed by atoms with E-state index in [0.717, 1.165) is 5.56 Å². The molecule has 0 radical (unpaired) electrons. The number of anilines is 1. The van der Waals surface area contributed by atoms with Crippen molar-refractivity contribution in [1.29, 1.82) is 0 Å². The molecule has 0 unspecified atom stereocenters. The molecule has 96 valence electrons. The monoisotopic (exact) mass is 255 g/mol. The predicted octanol–water partition coefficient (Wildman–Crippen LogP) is 1.40. The first-order valence-electron chi connectivity index (χ1n) is 5.79. The van der Waals surface area contributed by atoms with Gasteiger partial charge in [-0.15, -0.1) is 0 Å². The maximum atomic E-state index is 11.9. The number of rotatable bonds is 3. The summed E-state index contributed by atoms with van der Waals surface area (Å²) in [5.41, 5.74) is 1.99. The summed E-state index contributed by atoms with van der Waals surface area (Å²) < 4.78 is 0. The maximum absolute atomic E-state index is 11.9. The summed E-state index contributed by atoms with van der Waals surface area (Å²) in [7, 11) is 0. The molecule has 2 rings (SSSR count). The molecule has 19 heavy (non-hydrogen) atoms. The molecule has 0 fully saturated rings. The number of H-pyrrole nitrogens is 1. The number of amides is 1. The van der Waals surface area contributed by atoms with E-state index in [-0.39, 0.29) is 12.5 Å². The van der Waals surface area contributed by atoms with E-state index >= 15 is 0 Å². The van der Waals surface area contributed by atoms with Crippen molar-refractivity contribution in [2.75, 3.05) is 11.9 Å². The lowest BCUT2D eigenvalue weighted by Crippen LogP contribution is -2.11. The Balaban J connectivity index is 2.02. The van der Waals surface area contributed by atoms with Crippen LogP contribution in [-0.4, -0.2) is 27.8 Å². The SMILES string of the molecule is O=C(Nc1cn[nH]c1)c1ccc(C#CCCO)cc1. The number of aliphatic hydroxyl groups is 1. The second kappa shape index (κ2) is 6.38. The normalized spacial score (nSPS) is 9.53. The Bertz CT molecular complexity index is 592. The summed E-state index contributed by atoms with van der Waals surface area (Å²) in [5, 5.41) is 17.7. The fraction of sp³-hybridized carbons (Fsp3) is 0.143. The van der Waals surface area contributed by atoms with Crippen LogP contribution >= 0.6 is 0 Å². The Morgan fingerprint density at radius 1 is 1.37 bits per heavy atom. The molecule has 0 bridgehead atoms. The number of aliphatic hydroxyl groups excluding tert-OH is 1. The van der Waals surface area contributed by atoms with E-state index in [4.69, 9.17) is 5.11 Å². The van der Waals surface area contributed by atoms with Gasteiger partial charge in [0.1, 0.15) is 0 Å². The first-order chi connectivity index (χ1) is 9.29. The molecule has 0 atom stereocenters. The van der Waals surface area contributed by atoms with Crippen LogP contribution in [0.5, 0.6) is 0 Å². The number of carbonyl (C=O) groups is 1. The zero-order valence-corrected chi connectivity index (χ0v) is 10.2. The number of nitrogens with zero attached hydrogens (tertiary/aromatic N) is 1. The maximum Gasteiger partial charge on any atom is 0.255 e. The standard InChI is InChI=1S/C14H13N3O2/c18-8-2-1-3-11-4-6-12(7-5-11)14(19)17-13-9-15-16-10-13/h4-7,9-10,18H,2,8H2,(H,15,16)(H,17,19). The topological polar surface area (TPSA) is 78.0 Å². The molecule has 1 aromatic heterocycles. The molecular weight excluding hydrogens is 242 g/mol. The van der Waals surface area contributed by atoms with Crippen LogP contribution in [0.4, 0.5) is 5.69 Å². The summed E-state index contributed by atoms with van der Waals surface area (Å²) in [6, 6.07) is 6.96. The van der Waals surface area contributed by atoms with Gasteiger partial charge >= 0.3 is 0 Å². The minimum atomic E-state index is -0.198. The highest BCUT2D eigenvalue weighted by Crippen LogP contribution is 2.08. The second-order valence-electron chi connectivity index (χ2n) is 3.79. The van der Waals surface area contributed by atoms with Crippen molar-refractivity contribution in [3.05, 3.63) is 47.8 Å². The summed E-state index contributed by atoms with van der Waals surface area (Å²) >= 11 is 0. The quantitative estimate of drug-likeness (QED) is 0.725. The van der Waals surface area contributed by atoms with Gasteiger partial charge in [0.25, 0.3) is 5.91 Å². The zero-order valence-electron chi connectivity index (χ0n) is 10.2. The third kappa shape index (κ3) is 3.69. The van der Waals surface area contributed by atoms with E-state index < -0.39 is 0 Å². The number of hydrogen-bond donors (Lipinski definition) is 3. The van der Waals surface area contributed by atoms with Crippen LogP contribution in [0.1, 0.15) is 22.3 Å². The highest BCUT2D eigenvalue weighted by Gasteiger charge is 2.05. The van der Waals surface area contributed by atoms with Gasteiger partial charge < -0.3 is 10.4 Å². The smallest absolute Gasteiger partial charge is 0.255 e. The molecule has 0 aliphatic heterocycles. The average molecular weight is 255 g/mol. The van der Waals surface area contributed by atoms with Crippen LogP contribution in [0.25, 0.3) is 0 Å². The first kappa shape index (κ1) is 12.9. The summed E-state index contributed by atoms with van der Waals surface area (Å²) in [5.74, 6) is 5.53.